The van der Waals surface area contributed by atoms with Crippen LogP contribution in [0.2, 0.25) is 0 Å². The lowest BCUT2D eigenvalue weighted by Gasteiger charge is -2.25. The van der Waals surface area contributed by atoms with Gasteiger partial charge in [-0.2, -0.15) is 0 Å². The van der Waals surface area contributed by atoms with Crippen molar-refractivity contribution in [2.24, 2.45) is 0 Å². The van der Waals surface area contributed by atoms with Gasteiger partial charge in [0.25, 0.3) is 11.8 Å². The first-order chi connectivity index (χ1) is 14.2. The smallest absolute Gasteiger partial charge is 0.272 e. The van der Waals surface area contributed by atoms with Gasteiger partial charge in [-0.3, -0.25) is 14.9 Å². The summed E-state index contributed by atoms with van der Waals surface area (Å²) in [6, 6.07) is 15.1. The van der Waals surface area contributed by atoms with Crippen molar-refractivity contribution in [1.29, 1.82) is 0 Å². The third-order valence-corrected chi connectivity index (χ3v) is 6.67. The van der Waals surface area contributed by atoms with Crippen molar-refractivity contribution >= 4 is 50.5 Å². The highest BCUT2D eigenvalue weighted by molar-refractivity contribution is 7.16. The zero-order chi connectivity index (χ0) is 19.8. The molecular weight excluding hydrogens is 404 g/mol. The van der Waals surface area contributed by atoms with E-state index in [1.54, 1.807) is 17.0 Å². The number of carbonyl (C=O) groups excluding carboxylic acids is 2. The van der Waals surface area contributed by atoms with E-state index < -0.39 is 0 Å². The minimum absolute atomic E-state index is 0.0843. The molecule has 0 fully saturated rings. The number of carbonyl (C=O) groups is 2. The molecule has 0 spiro atoms. The molecule has 144 valence electrons. The van der Waals surface area contributed by atoms with Gasteiger partial charge >= 0.3 is 0 Å². The molecule has 1 N–H and O–H groups in total. The van der Waals surface area contributed by atoms with Crippen molar-refractivity contribution in [3.05, 3.63) is 75.1 Å². The molecule has 0 atom stereocenters. The van der Waals surface area contributed by atoms with Crippen LogP contribution >= 0.6 is 22.7 Å². The average Bonchev–Trinajstić information content (AvgIpc) is 3.42. The molecule has 0 radical (unpaired) electrons. The van der Waals surface area contributed by atoms with Crippen molar-refractivity contribution in [3.8, 4) is 0 Å². The Kier molecular flexibility index (Phi) is 4.57. The molecule has 1 aliphatic heterocycles. The molecule has 1 aromatic carbocycles. The lowest BCUT2D eigenvalue weighted by Crippen LogP contribution is -2.35. The molecule has 0 bridgehead atoms. The van der Waals surface area contributed by atoms with Crippen LogP contribution in [0.3, 0.4) is 0 Å². The van der Waals surface area contributed by atoms with Crippen LogP contribution in [0.4, 0.5) is 5.13 Å². The number of thiazole rings is 1. The van der Waals surface area contributed by atoms with Crippen LogP contribution in [-0.2, 0) is 13.0 Å². The second-order valence-corrected chi connectivity index (χ2v) is 8.72. The van der Waals surface area contributed by atoms with Crippen molar-refractivity contribution in [1.82, 2.24) is 14.9 Å². The fraction of sp³-hybridized carbons (Fsp3) is 0.143. The summed E-state index contributed by atoms with van der Waals surface area (Å²) in [6.07, 6.45) is 0.667. The number of amides is 2. The summed E-state index contributed by atoms with van der Waals surface area (Å²) in [4.78, 5) is 37.7. The van der Waals surface area contributed by atoms with Crippen molar-refractivity contribution in [2.45, 2.75) is 13.0 Å². The SMILES string of the molecule is O=C(Nc1nc2c(s1)CN(C(=O)c1ccc3ccccc3n1)CC2)c1cccs1. The van der Waals surface area contributed by atoms with E-state index in [2.05, 4.69) is 15.3 Å². The van der Waals surface area contributed by atoms with Gasteiger partial charge in [0.1, 0.15) is 5.69 Å². The zero-order valence-electron chi connectivity index (χ0n) is 15.3. The van der Waals surface area contributed by atoms with Gasteiger partial charge < -0.3 is 4.90 Å². The van der Waals surface area contributed by atoms with Crippen molar-refractivity contribution in [3.63, 3.8) is 0 Å². The minimum Gasteiger partial charge on any atom is -0.332 e. The van der Waals surface area contributed by atoms with Gasteiger partial charge in [0.05, 0.1) is 22.6 Å². The highest BCUT2D eigenvalue weighted by Gasteiger charge is 2.26. The number of pyridine rings is 1. The lowest BCUT2D eigenvalue weighted by atomic mass is 10.1. The Morgan fingerprint density at radius 1 is 1.03 bits per heavy atom. The third-order valence-electron chi connectivity index (χ3n) is 4.80. The van der Waals surface area contributed by atoms with Gasteiger partial charge in [0.15, 0.2) is 5.13 Å². The van der Waals surface area contributed by atoms with E-state index in [4.69, 9.17) is 0 Å². The molecule has 0 saturated carbocycles. The predicted molar refractivity (Wildman–Crippen MR) is 115 cm³/mol. The standard InChI is InChI=1S/C21H16N4O2S2/c26-19(17-6-3-11-28-17)24-21-23-15-9-10-25(12-18(15)29-21)20(27)16-8-7-13-4-1-2-5-14(13)22-16/h1-8,11H,9-10,12H2,(H,23,24,26). The second-order valence-electron chi connectivity index (χ2n) is 6.69. The van der Waals surface area contributed by atoms with Crippen LogP contribution in [0.25, 0.3) is 10.9 Å². The van der Waals surface area contributed by atoms with E-state index in [-0.39, 0.29) is 11.8 Å². The van der Waals surface area contributed by atoms with E-state index in [1.165, 1.54) is 22.7 Å². The largest absolute Gasteiger partial charge is 0.332 e. The number of rotatable bonds is 3. The van der Waals surface area contributed by atoms with E-state index in [0.29, 0.717) is 35.2 Å². The zero-order valence-corrected chi connectivity index (χ0v) is 16.9. The van der Waals surface area contributed by atoms with E-state index in [1.807, 2.05) is 41.8 Å². The Balaban J connectivity index is 1.33. The number of anilines is 1. The normalized spacial score (nSPS) is 13.3. The highest BCUT2D eigenvalue weighted by atomic mass is 32.1. The van der Waals surface area contributed by atoms with Crippen LogP contribution in [0.1, 0.15) is 30.7 Å². The number of hydrogen-bond donors (Lipinski definition) is 1. The molecule has 8 heteroatoms. The number of benzene rings is 1. The highest BCUT2D eigenvalue weighted by Crippen LogP contribution is 2.29. The molecule has 6 nitrogen and oxygen atoms in total. The van der Waals surface area contributed by atoms with Gasteiger partial charge in [-0.05, 0) is 23.6 Å². The van der Waals surface area contributed by atoms with Crippen molar-refractivity contribution in [2.75, 3.05) is 11.9 Å². The van der Waals surface area contributed by atoms with Crippen LogP contribution in [0.15, 0.2) is 53.9 Å². The molecular formula is C21H16N4O2S2. The number of nitrogens with zero attached hydrogens (tertiary/aromatic N) is 3. The summed E-state index contributed by atoms with van der Waals surface area (Å²) >= 11 is 2.82. The summed E-state index contributed by atoms with van der Waals surface area (Å²) in [6.45, 7) is 1.07. The fourth-order valence-corrected chi connectivity index (χ4v) is 4.97. The molecule has 4 heterocycles. The van der Waals surface area contributed by atoms with Gasteiger partial charge in [-0.1, -0.05) is 41.7 Å². The van der Waals surface area contributed by atoms with Crippen molar-refractivity contribution < 1.29 is 9.59 Å². The first kappa shape index (κ1) is 18.0. The van der Waals surface area contributed by atoms with Crippen LogP contribution in [0, 0.1) is 0 Å². The summed E-state index contributed by atoms with van der Waals surface area (Å²) in [5.41, 5.74) is 2.21. The monoisotopic (exact) mass is 420 g/mol. The fourth-order valence-electron chi connectivity index (χ4n) is 3.34. The Morgan fingerprint density at radius 2 is 1.93 bits per heavy atom. The maximum absolute atomic E-state index is 13.0. The molecule has 29 heavy (non-hydrogen) atoms. The molecule has 4 aromatic rings. The maximum Gasteiger partial charge on any atom is 0.272 e. The summed E-state index contributed by atoms with van der Waals surface area (Å²) < 4.78 is 0. The van der Waals surface area contributed by atoms with Gasteiger partial charge in [-0.25, -0.2) is 9.97 Å². The number of para-hydroxylation sites is 1. The number of nitrogens with one attached hydrogen (secondary N) is 1. The minimum atomic E-state index is -0.153. The summed E-state index contributed by atoms with van der Waals surface area (Å²) in [7, 11) is 0. The van der Waals surface area contributed by atoms with Gasteiger partial charge in [-0.15, -0.1) is 11.3 Å². The predicted octanol–water partition coefficient (Wildman–Crippen LogP) is 4.20. The molecule has 0 aliphatic carbocycles. The lowest BCUT2D eigenvalue weighted by molar-refractivity contribution is 0.0730. The number of thiophene rings is 1. The first-order valence-corrected chi connectivity index (χ1v) is 10.9. The Hall–Kier alpha value is -3.10. The Labute approximate surface area is 174 Å². The summed E-state index contributed by atoms with van der Waals surface area (Å²) in [5, 5.41) is 6.32. The average molecular weight is 421 g/mol. The van der Waals surface area contributed by atoms with E-state index in [0.717, 1.165) is 21.5 Å². The molecule has 5 rings (SSSR count). The van der Waals surface area contributed by atoms with Crippen LogP contribution < -0.4 is 5.32 Å². The molecule has 2 amide bonds. The number of fused-ring (bicyclic) bond motifs is 2. The first-order valence-electron chi connectivity index (χ1n) is 9.16. The Morgan fingerprint density at radius 3 is 2.79 bits per heavy atom. The second kappa shape index (κ2) is 7.38. The molecule has 0 unspecified atom stereocenters. The maximum atomic E-state index is 13.0. The van der Waals surface area contributed by atoms with E-state index in [9.17, 15) is 9.59 Å². The third kappa shape index (κ3) is 3.52. The molecule has 1 aliphatic rings. The van der Waals surface area contributed by atoms with Crippen LogP contribution in [0.5, 0.6) is 0 Å². The molecule has 3 aromatic heterocycles. The quantitative estimate of drug-likeness (QED) is 0.539. The Bertz CT molecular complexity index is 1220. The van der Waals surface area contributed by atoms with Gasteiger partial charge in [0, 0.05) is 23.2 Å². The topological polar surface area (TPSA) is 75.2 Å². The van der Waals surface area contributed by atoms with Crippen LogP contribution in [-0.4, -0.2) is 33.2 Å². The van der Waals surface area contributed by atoms with Gasteiger partial charge in [0.2, 0.25) is 0 Å². The molecule has 0 saturated heterocycles. The number of hydrogen-bond acceptors (Lipinski definition) is 6. The summed E-state index contributed by atoms with van der Waals surface area (Å²) in [5.74, 6) is -0.238. The number of aromatic nitrogens is 2. The van der Waals surface area contributed by atoms with E-state index >= 15 is 0 Å².